The van der Waals surface area contributed by atoms with Crippen molar-refractivity contribution in [3.05, 3.63) is 35.1 Å². The summed E-state index contributed by atoms with van der Waals surface area (Å²) in [5.41, 5.74) is 0.585. The van der Waals surface area contributed by atoms with Gasteiger partial charge in [-0.1, -0.05) is 32.3 Å². The maximum atomic E-state index is 13.7. The molecule has 3 rings (SSSR count). The summed E-state index contributed by atoms with van der Waals surface area (Å²) in [7, 11) is 0. The molecule has 0 bridgehead atoms. The lowest BCUT2D eigenvalue weighted by atomic mass is 10.0. The molecule has 0 N–H and O–H groups in total. The number of ether oxygens (including phenoxy) is 4. The molecule has 2 saturated heterocycles. The van der Waals surface area contributed by atoms with Crippen LogP contribution in [0.2, 0.25) is 0 Å². The van der Waals surface area contributed by atoms with Gasteiger partial charge < -0.3 is 18.9 Å². The van der Waals surface area contributed by atoms with E-state index in [1.807, 2.05) is 0 Å². The van der Waals surface area contributed by atoms with Gasteiger partial charge in [0, 0.05) is 11.5 Å². The minimum atomic E-state index is -0.626. The minimum absolute atomic E-state index is 0.00562. The smallest absolute Gasteiger partial charge is 0.183 e. The molecule has 5 nitrogen and oxygen atoms in total. The third-order valence-electron chi connectivity index (χ3n) is 4.90. The number of hydrogen-bond donors (Lipinski definition) is 0. The molecule has 142 valence electrons. The molecular weight excluding hydrogens is 337 g/mol. The van der Waals surface area contributed by atoms with Crippen LogP contribution < -0.4 is 0 Å². The van der Waals surface area contributed by atoms with Gasteiger partial charge in [0.1, 0.15) is 11.9 Å². The quantitative estimate of drug-likeness (QED) is 0.717. The molecule has 1 aromatic rings. The molecule has 0 radical (unpaired) electrons. The van der Waals surface area contributed by atoms with Gasteiger partial charge in [0.15, 0.2) is 12.6 Å². The van der Waals surface area contributed by atoms with Crippen molar-refractivity contribution < 1.29 is 23.3 Å². The van der Waals surface area contributed by atoms with E-state index in [9.17, 15) is 4.39 Å². The van der Waals surface area contributed by atoms with Gasteiger partial charge >= 0.3 is 0 Å². The Labute approximate surface area is 154 Å². The van der Waals surface area contributed by atoms with Crippen LogP contribution >= 0.6 is 0 Å². The average Bonchev–Trinajstić information content (AvgIpc) is 2.69. The zero-order chi connectivity index (χ0) is 18.4. The highest BCUT2D eigenvalue weighted by molar-refractivity contribution is 5.33. The van der Waals surface area contributed by atoms with E-state index in [4.69, 9.17) is 24.2 Å². The summed E-state index contributed by atoms with van der Waals surface area (Å²) in [4.78, 5) is 0. The maximum absolute atomic E-state index is 13.7. The van der Waals surface area contributed by atoms with Crippen LogP contribution in [-0.2, 0) is 18.9 Å². The van der Waals surface area contributed by atoms with Crippen molar-refractivity contribution in [2.45, 2.75) is 45.2 Å². The molecular formula is C20H26FNO4. The Bertz CT molecular complexity index is 617. The first-order valence-electron chi connectivity index (χ1n) is 9.37. The van der Waals surface area contributed by atoms with Crippen LogP contribution in [0.1, 0.15) is 50.0 Å². The Kier molecular flexibility index (Phi) is 6.98. The van der Waals surface area contributed by atoms with E-state index in [2.05, 4.69) is 6.92 Å². The van der Waals surface area contributed by atoms with Crippen molar-refractivity contribution >= 4 is 0 Å². The SMILES string of the molecule is CCCCCC1COC(C2COC(c3ccc(C#N)c(F)c3)OC2)OC1. The first-order valence-corrected chi connectivity index (χ1v) is 9.37. The van der Waals surface area contributed by atoms with Crippen LogP contribution in [0.15, 0.2) is 18.2 Å². The monoisotopic (exact) mass is 363 g/mol. The van der Waals surface area contributed by atoms with Gasteiger partial charge in [-0.2, -0.15) is 5.26 Å². The highest BCUT2D eigenvalue weighted by atomic mass is 19.1. The van der Waals surface area contributed by atoms with Gasteiger partial charge in [0.05, 0.1) is 37.9 Å². The Balaban J connectivity index is 1.44. The molecule has 2 heterocycles. The third-order valence-corrected chi connectivity index (χ3v) is 4.90. The fourth-order valence-corrected chi connectivity index (χ4v) is 3.32. The summed E-state index contributed by atoms with van der Waals surface area (Å²) < 4.78 is 37.0. The molecule has 26 heavy (non-hydrogen) atoms. The zero-order valence-electron chi connectivity index (χ0n) is 15.2. The molecule has 2 aliphatic heterocycles. The number of nitriles is 1. The fourth-order valence-electron chi connectivity index (χ4n) is 3.32. The highest BCUT2D eigenvalue weighted by Gasteiger charge is 2.34. The van der Waals surface area contributed by atoms with Crippen molar-refractivity contribution in [3.63, 3.8) is 0 Å². The van der Waals surface area contributed by atoms with E-state index in [-0.39, 0.29) is 17.8 Å². The summed E-state index contributed by atoms with van der Waals surface area (Å²) >= 11 is 0. The number of rotatable bonds is 6. The topological polar surface area (TPSA) is 60.7 Å². The van der Waals surface area contributed by atoms with Crippen LogP contribution in [0, 0.1) is 29.0 Å². The van der Waals surface area contributed by atoms with Gasteiger partial charge in [-0.3, -0.25) is 0 Å². The van der Waals surface area contributed by atoms with Crippen molar-refractivity contribution in [1.82, 2.24) is 0 Å². The second-order valence-corrected chi connectivity index (χ2v) is 7.01. The lowest BCUT2D eigenvalue weighted by Crippen LogP contribution is -2.43. The third kappa shape index (κ3) is 4.80. The molecule has 2 aliphatic rings. The average molecular weight is 363 g/mol. The van der Waals surface area contributed by atoms with Crippen LogP contribution in [0.5, 0.6) is 0 Å². The van der Waals surface area contributed by atoms with E-state index in [0.29, 0.717) is 24.7 Å². The van der Waals surface area contributed by atoms with Gasteiger partial charge in [-0.25, -0.2) is 4.39 Å². The van der Waals surface area contributed by atoms with Gasteiger partial charge in [-0.15, -0.1) is 0 Å². The Morgan fingerprint density at radius 2 is 1.81 bits per heavy atom. The molecule has 2 fully saturated rings. The normalized spacial score (nSPS) is 29.3. The second-order valence-electron chi connectivity index (χ2n) is 7.01. The molecule has 6 heteroatoms. The van der Waals surface area contributed by atoms with Crippen LogP contribution in [0.25, 0.3) is 0 Å². The molecule has 0 spiro atoms. The lowest BCUT2D eigenvalue weighted by Gasteiger charge is -2.37. The number of benzene rings is 1. The van der Waals surface area contributed by atoms with E-state index < -0.39 is 12.1 Å². The highest BCUT2D eigenvalue weighted by Crippen LogP contribution is 2.30. The van der Waals surface area contributed by atoms with Crippen molar-refractivity contribution in [2.24, 2.45) is 11.8 Å². The number of halogens is 1. The Hall–Kier alpha value is -1.52. The Morgan fingerprint density at radius 3 is 2.42 bits per heavy atom. The second kappa shape index (κ2) is 9.43. The van der Waals surface area contributed by atoms with Gasteiger partial charge in [-0.05, 0) is 18.6 Å². The number of nitrogens with zero attached hydrogens (tertiary/aromatic N) is 1. The molecule has 0 atom stereocenters. The van der Waals surface area contributed by atoms with Crippen LogP contribution in [0.3, 0.4) is 0 Å². The van der Waals surface area contributed by atoms with Gasteiger partial charge in [0.2, 0.25) is 0 Å². The standard InChI is InChI=1S/C20H26FNO4/c1-2-3-4-5-14-10-23-20(24-11-14)17-12-25-19(26-13-17)15-6-7-16(9-22)18(21)8-15/h6-8,14,17,19-20H,2-5,10-13H2,1H3. The minimum Gasteiger partial charge on any atom is -0.352 e. The number of unbranched alkanes of at least 4 members (excludes halogenated alkanes) is 2. The first kappa shape index (κ1) is 19.2. The summed E-state index contributed by atoms with van der Waals surface area (Å²) in [6.45, 7) is 4.49. The summed E-state index contributed by atoms with van der Waals surface area (Å²) in [5, 5.41) is 8.80. The van der Waals surface area contributed by atoms with Crippen molar-refractivity contribution in [2.75, 3.05) is 26.4 Å². The van der Waals surface area contributed by atoms with Crippen LogP contribution in [-0.4, -0.2) is 32.7 Å². The molecule has 0 unspecified atom stereocenters. The predicted octanol–water partition coefficient (Wildman–Crippen LogP) is 3.93. The van der Waals surface area contributed by atoms with E-state index in [0.717, 1.165) is 19.6 Å². The van der Waals surface area contributed by atoms with E-state index in [1.165, 1.54) is 31.4 Å². The maximum Gasteiger partial charge on any atom is 0.183 e. The molecule has 0 aliphatic carbocycles. The number of hydrogen-bond acceptors (Lipinski definition) is 5. The van der Waals surface area contributed by atoms with Crippen LogP contribution in [0.4, 0.5) is 4.39 Å². The Morgan fingerprint density at radius 1 is 1.08 bits per heavy atom. The molecule has 1 aromatic carbocycles. The predicted molar refractivity (Wildman–Crippen MR) is 92.6 cm³/mol. The van der Waals surface area contributed by atoms with Crippen molar-refractivity contribution in [1.29, 1.82) is 5.26 Å². The van der Waals surface area contributed by atoms with Gasteiger partial charge in [0.25, 0.3) is 0 Å². The van der Waals surface area contributed by atoms with Crippen molar-refractivity contribution in [3.8, 4) is 6.07 Å². The molecule has 0 amide bonds. The lowest BCUT2D eigenvalue weighted by molar-refractivity contribution is -0.283. The fraction of sp³-hybridized carbons (Fsp3) is 0.650. The van der Waals surface area contributed by atoms with E-state index in [1.54, 1.807) is 12.1 Å². The summed E-state index contributed by atoms with van der Waals surface area (Å²) in [6, 6.07) is 6.19. The summed E-state index contributed by atoms with van der Waals surface area (Å²) in [5.74, 6) is -0.0870. The molecule has 0 aromatic heterocycles. The summed E-state index contributed by atoms with van der Waals surface area (Å²) in [6.07, 6.45) is 3.90. The largest absolute Gasteiger partial charge is 0.352 e. The first-order chi connectivity index (χ1) is 12.7. The molecule has 0 saturated carbocycles. The zero-order valence-corrected chi connectivity index (χ0v) is 15.2. The van der Waals surface area contributed by atoms with E-state index >= 15 is 0 Å².